The molecule has 0 unspecified atom stereocenters. The molecule has 0 radical (unpaired) electrons. The Kier molecular flexibility index (Phi) is 3.63. The summed E-state index contributed by atoms with van der Waals surface area (Å²) < 4.78 is 13.4. The number of carbonyl (C=O) groups excluding carboxylic acids is 1. The van der Waals surface area contributed by atoms with Crippen LogP contribution in [0.1, 0.15) is 54.4 Å². The average molecular weight is 275 g/mol. The van der Waals surface area contributed by atoms with E-state index in [1.54, 1.807) is 19.1 Å². The maximum atomic E-state index is 13.4. The van der Waals surface area contributed by atoms with E-state index >= 15 is 0 Å². The van der Waals surface area contributed by atoms with Gasteiger partial charge in [0.1, 0.15) is 5.82 Å². The van der Waals surface area contributed by atoms with Crippen molar-refractivity contribution in [2.24, 2.45) is 0 Å². The van der Waals surface area contributed by atoms with Gasteiger partial charge in [0.15, 0.2) is 5.78 Å². The zero-order chi connectivity index (χ0) is 14.2. The fourth-order valence-electron chi connectivity index (χ4n) is 3.85. The maximum Gasteiger partial charge on any atom is 0.183 e. The third-order valence-corrected chi connectivity index (χ3v) is 4.98. The highest BCUT2D eigenvalue weighted by atomic mass is 19.1. The highest BCUT2D eigenvalue weighted by molar-refractivity contribution is 6.03. The Balaban J connectivity index is 1.94. The molecule has 1 aliphatic heterocycles. The molecule has 1 saturated heterocycles. The van der Waals surface area contributed by atoms with E-state index in [0.717, 1.165) is 38.8 Å². The van der Waals surface area contributed by atoms with Crippen molar-refractivity contribution < 1.29 is 9.18 Å². The Labute approximate surface area is 120 Å². The lowest BCUT2D eigenvalue weighted by Crippen LogP contribution is -2.51. The Morgan fingerprint density at radius 2 is 1.80 bits per heavy atom. The molecule has 1 aromatic rings. The molecular weight excluding hydrogens is 253 g/mol. The van der Waals surface area contributed by atoms with Crippen molar-refractivity contribution in [2.45, 2.75) is 51.0 Å². The predicted octanol–water partition coefficient (Wildman–Crippen LogP) is 3.73. The van der Waals surface area contributed by atoms with E-state index in [1.807, 2.05) is 0 Å². The van der Waals surface area contributed by atoms with Crippen LogP contribution in [-0.2, 0) is 0 Å². The molecule has 2 nitrogen and oxygen atoms in total. The van der Waals surface area contributed by atoms with E-state index in [4.69, 9.17) is 0 Å². The number of likely N-dealkylation sites (tertiary alicyclic amines) is 1. The summed E-state index contributed by atoms with van der Waals surface area (Å²) in [4.78, 5) is 15.4. The number of Topliss-reactive ketones (excluding diaryl/α,β-unsaturated/α-hetero) is 1. The Morgan fingerprint density at radius 1 is 1.15 bits per heavy atom. The van der Waals surface area contributed by atoms with E-state index in [-0.39, 0.29) is 17.1 Å². The van der Waals surface area contributed by atoms with Crippen molar-refractivity contribution in [1.82, 2.24) is 4.90 Å². The van der Waals surface area contributed by atoms with Gasteiger partial charge in [-0.1, -0.05) is 12.8 Å². The molecule has 1 aromatic carbocycles. The van der Waals surface area contributed by atoms with Gasteiger partial charge in [-0.2, -0.15) is 0 Å². The van der Waals surface area contributed by atoms with Gasteiger partial charge in [0.05, 0.1) is 5.54 Å². The predicted molar refractivity (Wildman–Crippen MR) is 77.5 cm³/mol. The third-order valence-electron chi connectivity index (χ3n) is 4.98. The standard InChI is InChI=1S/C17H22FNO/c1-13-12-14(6-7-15(13)18)16(20)17(8-2-3-9-17)19-10-4-5-11-19/h6-7,12H,2-5,8-11H2,1H3. The molecule has 2 aliphatic rings. The fraction of sp³-hybridized carbons (Fsp3) is 0.588. The van der Waals surface area contributed by atoms with E-state index in [9.17, 15) is 9.18 Å². The summed E-state index contributed by atoms with van der Waals surface area (Å²) in [6.45, 7) is 3.79. The minimum Gasteiger partial charge on any atom is -0.292 e. The van der Waals surface area contributed by atoms with Crippen LogP contribution in [0.4, 0.5) is 4.39 Å². The first-order valence-corrected chi connectivity index (χ1v) is 7.69. The molecule has 2 fully saturated rings. The van der Waals surface area contributed by atoms with Crippen LogP contribution in [0.15, 0.2) is 18.2 Å². The number of rotatable bonds is 3. The summed E-state index contributed by atoms with van der Waals surface area (Å²) in [5.74, 6) is -0.0248. The second-order valence-corrected chi connectivity index (χ2v) is 6.23. The monoisotopic (exact) mass is 275 g/mol. The number of aryl methyl sites for hydroxylation is 1. The molecule has 20 heavy (non-hydrogen) atoms. The van der Waals surface area contributed by atoms with Crippen molar-refractivity contribution in [1.29, 1.82) is 0 Å². The molecular formula is C17H22FNO. The summed E-state index contributed by atoms with van der Waals surface area (Å²) in [5.41, 5.74) is 0.934. The van der Waals surface area contributed by atoms with Crippen LogP contribution in [0.5, 0.6) is 0 Å². The smallest absolute Gasteiger partial charge is 0.183 e. The minimum absolute atomic E-state index is 0.208. The molecule has 0 bridgehead atoms. The van der Waals surface area contributed by atoms with Gasteiger partial charge in [-0.25, -0.2) is 4.39 Å². The van der Waals surface area contributed by atoms with Gasteiger partial charge in [-0.3, -0.25) is 9.69 Å². The summed E-state index contributed by atoms with van der Waals surface area (Å²) >= 11 is 0. The van der Waals surface area contributed by atoms with Gasteiger partial charge in [0, 0.05) is 5.56 Å². The number of hydrogen-bond acceptors (Lipinski definition) is 2. The van der Waals surface area contributed by atoms with Gasteiger partial charge < -0.3 is 0 Å². The highest BCUT2D eigenvalue weighted by Gasteiger charge is 2.46. The van der Waals surface area contributed by atoms with Crippen molar-refractivity contribution in [3.05, 3.63) is 35.1 Å². The number of benzene rings is 1. The van der Waals surface area contributed by atoms with Crippen LogP contribution in [0.3, 0.4) is 0 Å². The van der Waals surface area contributed by atoms with Crippen LogP contribution in [0, 0.1) is 12.7 Å². The number of ketones is 1. The first kappa shape index (κ1) is 13.7. The molecule has 0 atom stereocenters. The second kappa shape index (κ2) is 5.28. The van der Waals surface area contributed by atoms with Crippen molar-refractivity contribution in [3.63, 3.8) is 0 Å². The molecule has 0 amide bonds. The summed E-state index contributed by atoms with van der Waals surface area (Å²) in [6, 6.07) is 4.80. The topological polar surface area (TPSA) is 20.3 Å². The van der Waals surface area contributed by atoms with Crippen molar-refractivity contribution in [3.8, 4) is 0 Å². The van der Waals surface area contributed by atoms with Crippen LogP contribution >= 0.6 is 0 Å². The van der Waals surface area contributed by atoms with Gasteiger partial charge in [0.25, 0.3) is 0 Å². The largest absolute Gasteiger partial charge is 0.292 e. The summed E-state index contributed by atoms with van der Waals surface area (Å²) in [6.07, 6.45) is 6.56. The molecule has 1 heterocycles. The van der Waals surface area contributed by atoms with Crippen LogP contribution in [0.25, 0.3) is 0 Å². The molecule has 3 heteroatoms. The van der Waals surface area contributed by atoms with Gasteiger partial charge in [0.2, 0.25) is 0 Å². The maximum absolute atomic E-state index is 13.4. The molecule has 3 rings (SSSR count). The zero-order valence-corrected chi connectivity index (χ0v) is 12.1. The van der Waals surface area contributed by atoms with E-state index in [0.29, 0.717) is 11.1 Å². The van der Waals surface area contributed by atoms with E-state index in [1.165, 1.54) is 18.9 Å². The fourth-order valence-corrected chi connectivity index (χ4v) is 3.85. The van der Waals surface area contributed by atoms with Crippen LogP contribution in [-0.4, -0.2) is 29.3 Å². The first-order valence-electron chi connectivity index (χ1n) is 7.69. The number of hydrogen-bond donors (Lipinski definition) is 0. The van der Waals surface area contributed by atoms with Gasteiger partial charge >= 0.3 is 0 Å². The molecule has 0 spiro atoms. The summed E-state index contributed by atoms with van der Waals surface area (Å²) in [7, 11) is 0. The van der Waals surface area contributed by atoms with Gasteiger partial charge in [-0.05, 0) is 69.5 Å². The lowest BCUT2D eigenvalue weighted by atomic mass is 9.85. The van der Waals surface area contributed by atoms with E-state index in [2.05, 4.69) is 4.90 Å². The lowest BCUT2D eigenvalue weighted by Gasteiger charge is -2.37. The molecule has 1 aliphatic carbocycles. The first-order chi connectivity index (χ1) is 9.63. The summed E-state index contributed by atoms with van der Waals surface area (Å²) in [5, 5.41) is 0. The normalized spacial score (nSPS) is 22.3. The molecule has 0 N–H and O–H groups in total. The Hall–Kier alpha value is -1.22. The SMILES string of the molecule is Cc1cc(C(=O)C2(N3CCCC3)CCCC2)ccc1F. The quantitative estimate of drug-likeness (QED) is 0.783. The number of nitrogens with zero attached hydrogens (tertiary/aromatic N) is 1. The van der Waals surface area contributed by atoms with E-state index < -0.39 is 0 Å². The zero-order valence-electron chi connectivity index (χ0n) is 12.1. The molecule has 0 aromatic heterocycles. The highest BCUT2D eigenvalue weighted by Crippen LogP contribution is 2.40. The number of halogens is 1. The van der Waals surface area contributed by atoms with Crippen molar-refractivity contribution >= 4 is 5.78 Å². The van der Waals surface area contributed by atoms with Crippen LogP contribution < -0.4 is 0 Å². The number of carbonyl (C=O) groups is 1. The second-order valence-electron chi connectivity index (χ2n) is 6.23. The average Bonchev–Trinajstić information content (AvgIpc) is 3.12. The Morgan fingerprint density at radius 3 is 2.40 bits per heavy atom. The van der Waals surface area contributed by atoms with Gasteiger partial charge in [-0.15, -0.1) is 0 Å². The third kappa shape index (κ3) is 2.18. The molecule has 108 valence electrons. The minimum atomic E-state index is -0.305. The molecule has 1 saturated carbocycles. The van der Waals surface area contributed by atoms with Crippen LogP contribution in [0.2, 0.25) is 0 Å². The lowest BCUT2D eigenvalue weighted by molar-refractivity contribution is 0.0626. The van der Waals surface area contributed by atoms with Crippen molar-refractivity contribution in [2.75, 3.05) is 13.1 Å². The Bertz CT molecular complexity index is 514.